The fourth-order valence-electron chi connectivity index (χ4n) is 2.09. The number of benzene rings is 2. The molecule has 2 rings (SSSR count). The van der Waals surface area contributed by atoms with Gasteiger partial charge in [0.2, 0.25) is 5.91 Å². The molecule has 0 fully saturated rings. The van der Waals surface area contributed by atoms with Crippen molar-refractivity contribution < 1.29 is 19.4 Å². The molecule has 2 aromatic carbocycles. The van der Waals surface area contributed by atoms with Gasteiger partial charge in [-0.2, -0.15) is 0 Å². The molecule has 1 atom stereocenters. The molecule has 0 heterocycles. The van der Waals surface area contributed by atoms with Crippen molar-refractivity contribution in [1.82, 2.24) is 10.6 Å². The summed E-state index contributed by atoms with van der Waals surface area (Å²) in [6, 6.07) is 15.6. The molecule has 0 bridgehead atoms. The number of amides is 2. The van der Waals surface area contributed by atoms with Crippen LogP contribution in [-0.2, 0) is 4.79 Å². The van der Waals surface area contributed by atoms with Crippen LogP contribution in [0.3, 0.4) is 0 Å². The lowest BCUT2D eigenvalue weighted by Gasteiger charge is -2.13. The van der Waals surface area contributed by atoms with Gasteiger partial charge >= 0.3 is 0 Å². The Morgan fingerprint density at radius 3 is 2.54 bits per heavy atom. The topological polar surface area (TPSA) is 87.7 Å². The smallest absolute Gasteiger partial charge is 0.251 e. The first kappa shape index (κ1) is 17.5. The van der Waals surface area contributed by atoms with Crippen molar-refractivity contribution in [3.63, 3.8) is 0 Å². The number of aliphatic hydroxyl groups is 1. The molecular formula is C18H20N2O4. The predicted octanol–water partition coefficient (Wildman–Crippen LogP) is 1.27. The Hall–Kier alpha value is -2.86. The molecule has 0 aliphatic heterocycles. The van der Waals surface area contributed by atoms with E-state index < -0.39 is 6.10 Å². The van der Waals surface area contributed by atoms with Gasteiger partial charge in [0.1, 0.15) is 5.75 Å². The number of ether oxygens (including phenoxy) is 1. The second-order valence-electron chi connectivity index (χ2n) is 5.15. The summed E-state index contributed by atoms with van der Waals surface area (Å²) < 4.78 is 5.09. The van der Waals surface area contributed by atoms with Crippen LogP contribution in [0.1, 0.15) is 22.0 Å². The van der Waals surface area contributed by atoms with Gasteiger partial charge in [-0.15, -0.1) is 0 Å². The van der Waals surface area contributed by atoms with E-state index in [1.165, 1.54) is 0 Å². The molecule has 6 heteroatoms. The van der Waals surface area contributed by atoms with E-state index in [4.69, 9.17) is 4.74 Å². The Kier molecular flexibility index (Phi) is 6.33. The highest BCUT2D eigenvalue weighted by Crippen LogP contribution is 2.18. The number of aliphatic hydroxyl groups excluding tert-OH is 1. The van der Waals surface area contributed by atoms with Gasteiger partial charge in [0.05, 0.1) is 19.8 Å². The molecule has 0 saturated heterocycles. The highest BCUT2D eigenvalue weighted by molar-refractivity contribution is 5.96. The number of rotatable bonds is 7. The molecular weight excluding hydrogens is 308 g/mol. The second kappa shape index (κ2) is 8.69. The summed E-state index contributed by atoms with van der Waals surface area (Å²) in [6.07, 6.45) is -0.853. The number of methoxy groups -OCH3 is 1. The van der Waals surface area contributed by atoms with Gasteiger partial charge in [-0.05, 0) is 29.8 Å². The zero-order valence-corrected chi connectivity index (χ0v) is 13.4. The van der Waals surface area contributed by atoms with Crippen molar-refractivity contribution in [2.45, 2.75) is 6.10 Å². The summed E-state index contributed by atoms with van der Waals surface area (Å²) in [6.45, 7) is -0.105. The van der Waals surface area contributed by atoms with Gasteiger partial charge in [0, 0.05) is 12.1 Å². The van der Waals surface area contributed by atoms with Crippen molar-refractivity contribution in [1.29, 1.82) is 0 Å². The Balaban J connectivity index is 1.77. The Morgan fingerprint density at radius 2 is 1.83 bits per heavy atom. The molecule has 0 aromatic heterocycles. The molecule has 0 saturated carbocycles. The van der Waals surface area contributed by atoms with E-state index in [9.17, 15) is 14.7 Å². The van der Waals surface area contributed by atoms with Gasteiger partial charge in [0.25, 0.3) is 5.91 Å². The van der Waals surface area contributed by atoms with Crippen molar-refractivity contribution in [3.8, 4) is 5.75 Å². The van der Waals surface area contributed by atoms with Crippen LogP contribution in [0, 0.1) is 0 Å². The number of hydrogen-bond donors (Lipinski definition) is 3. The number of nitrogens with one attached hydrogen (secondary N) is 2. The zero-order chi connectivity index (χ0) is 17.4. The van der Waals surface area contributed by atoms with Crippen LogP contribution >= 0.6 is 0 Å². The minimum atomic E-state index is -0.853. The van der Waals surface area contributed by atoms with Crippen LogP contribution in [0.5, 0.6) is 5.75 Å². The van der Waals surface area contributed by atoms with Crippen LogP contribution in [0.2, 0.25) is 0 Å². The lowest BCUT2D eigenvalue weighted by molar-refractivity contribution is -0.120. The highest BCUT2D eigenvalue weighted by atomic mass is 16.5. The SMILES string of the molecule is COc1cccc(C(O)CNC(=O)CNC(=O)c2ccccc2)c1. The van der Waals surface area contributed by atoms with Crippen molar-refractivity contribution in [2.75, 3.05) is 20.2 Å². The van der Waals surface area contributed by atoms with E-state index in [1.54, 1.807) is 55.6 Å². The third-order valence-electron chi connectivity index (χ3n) is 3.42. The summed E-state index contributed by atoms with van der Waals surface area (Å²) in [5.41, 5.74) is 1.13. The molecule has 0 aliphatic carbocycles. The van der Waals surface area contributed by atoms with Gasteiger partial charge < -0.3 is 20.5 Å². The van der Waals surface area contributed by atoms with E-state index in [0.29, 0.717) is 16.9 Å². The van der Waals surface area contributed by atoms with E-state index in [1.807, 2.05) is 6.07 Å². The quantitative estimate of drug-likeness (QED) is 0.714. The summed E-state index contributed by atoms with van der Waals surface area (Å²) in [5.74, 6) is -0.0617. The summed E-state index contributed by atoms with van der Waals surface area (Å²) in [5, 5.41) is 15.2. The summed E-state index contributed by atoms with van der Waals surface area (Å²) >= 11 is 0. The maximum Gasteiger partial charge on any atom is 0.251 e. The van der Waals surface area contributed by atoms with E-state index in [0.717, 1.165) is 0 Å². The normalized spacial score (nSPS) is 11.4. The lowest BCUT2D eigenvalue weighted by Crippen LogP contribution is -2.38. The summed E-state index contributed by atoms with van der Waals surface area (Å²) in [7, 11) is 1.54. The van der Waals surface area contributed by atoms with Crippen LogP contribution in [0.25, 0.3) is 0 Å². The molecule has 24 heavy (non-hydrogen) atoms. The van der Waals surface area contributed by atoms with Crippen LogP contribution < -0.4 is 15.4 Å². The number of hydrogen-bond acceptors (Lipinski definition) is 4. The second-order valence-corrected chi connectivity index (χ2v) is 5.15. The average Bonchev–Trinajstić information content (AvgIpc) is 2.64. The maximum atomic E-state index is 11.8. The molecule has 1 unspecified atom stereocenters. The van der Waals surface area contributed by atoms with Gasteiger partial charge in [0.15, 0.2) is 0 Å². The number of carbonyl (C=O) groups is 2. The maximum absolute atomic E-state index is 11.8. The van der Waals surface area contributed by atoms with Crippen molar-refractivity contribution >= 4 is 11.8 Å². The van der Waals surface area contributed by atoms with Crippen LogP contribution in [0.4, 0.5) is 0 Å². The molecule has 2 amide bonds. The monoisotopic (exact) mass is 328 g/mol. The molecule has 3 N–H and O–H groups in total. The van der Waals surface area contributed by atoms with E-state index >= 15 is 0 Å². The Bertz CT molecular complexity index is 688. The third kappa shape index (κ3) is 5.10. The van der Waals surface area contributed by atoms with Crippen molar-refractivity contribution in [3.05, 3.63) is 65.7 Å². The predicted molar refractivity (Wildman–Crippen MR) is 89.7 cm³/mol. The molecule has 0 spiro atoms. The molecule has 0 aliphatic rings. The van der Waals surface area contributed by atoms with E-state index in [2.05, 4.69) is 10.6 Å². The van der Waals surface area contributed by atoms with Gasteiger partial charge in [-0.1, -0.05) is 30.3 Å². The fourth-order valence-corrected chi connectivity index (χ4v) is 2.09. The highest BCUT2D eigenvalue weighted by Gasteiger charge is 2.11. The lowest BCUT2D eigenvalue weighted by atomic mass is 10.1. The number of carbonyl (C=O) groups excluding carboxylic acids is 2. The first-order valence-corrected chi connectivity index (χ1v) is 7.52. The fraction of sp³-hybridized carbons (Fsp3) is 0.222. The van der Waals surface area contributed by atoms with E-state index in [-0.39, 0.29) is 24.9 Å². The minimum absolute atomic E-state index is 0.0488. The first-order valence-electron chi connectivity index (χ1n) is 7.52. The zero-order valence-electron chi connectivity index (χ0n) is 13.4. The Morgan fingerprint density at radius 1 is 1.08 bits per heavy atom. The molecule has 126 valence electrons. The van der Waals surface area contributed by atoms with Crippen LogP contribution in [-0.4, -0.2) is 37.1 Å². The van der Waals surface area contributed by atoms with Crippen LogP contribution in [0.15, 0.2) is 54.6 Å². The standard InChI is InChI=1S/C18H20N2O4/c1-24-15-9-5-8-14(10-15)16(21)11-19-17(22)12-20-18(23)13-6-3-2-4-7-13/h2-10,16,21H,11-12H2,1H3,(H,19,22)(H,20,23). The average molecular weight is 328 g/mol. The molecule has 6 nitrogen and oxygen atoms in total. The molecule has 0 radical (unpaired) electrons. The Labute approximate surface area is 140 Å². The van der Waals surface area contributed by atoms with Gasteiger partial charge in [-0.25, -0.2) is 0 Å². The van der Waals surface area contributed by atoms with Gasteiger partial charge in [-0.3, -0.25) is 9.59 Å². The largest absolute Gasteiger partial charge is 0.497 e. The summed E-state index contributed by atoms with van der Waals surface area (Å²) in [4.78, 5) is 23.6. The van der Waals surface area contributed by atoms with Crippen molar-refractivity contribution in [2.24, 2.45) is 0 Å². The minimum Gasteiger partial charge on any atom is -0.497 e. The molecule has 2 aromatic rings. The third-order valence-corrected chi connectivity index (χ3v) is 3.42. The first-order chi connectivity index (χ1) is 11.6.